The number of amidine groups is 1. The molecule has 0 fully saturated rings. The maximum absolute atomic E-state index is 5.43. The number of methoxy groups -OCH3 is 1. The van der Waals surface area contributed by atoms with Crippen LogP contribution in [0, 0.1) is 0 Å². The first-order valence-electron chi connectivity index (χ1n) is 4.87. The molecule has 4 nitrogen and oxygen atoms in total. The molecule has 0 aromatic heterocycles. The summed E-state index contributed by atoms with van der Waals surface area (Å²) in [5.41, 5.74) is 6.64. The van der Waals surface area contributed by atoms with Gasteiger partial charge in [0.25, 0.3) is 6.02 Å². The van der Waals surface area contributed by atoms with Gasteiger partial charge >= 0.3 is 0 Å². The van der Waals surface area contributed by atoms with Gasteiger partial charge in [-0.15, -0.1) is 0 Å². The average molecular weight is 206 g/mol. The highest BCUT2D eigenvalue weighted by Gasteiger charge is 2.16. The Morgan fingerprint density at radius 2 is 2.20 bits per heavy atom. The van der Waals surface area contributed by atoms with Gasteiger partial charge in [0.15, 0.2) is 0 Å². The molecule has 2 rings (SSSR count). The van der Waals surface area contributed by atoms with Gasteiger partial charge < -0.3 is 15.2 Å². The van der Waals surface area contributed by atoms with Gasteiger partial charge in [-0.25, -0.2) is 4.99 Å². The maximum atomic E-state index is 5.43. The topological polar surface area (TPSA) is 56.8 Å². The summed E-state index contributed by atoms with van der Waals surface area (Å²) in [5, 5.41) is 0. The molecule has 0 radical (unpaired) electrons. The van der Waals surface area contributed by atoms with E-state index in [4.69, 9.17) is 15.2 Å². The van der Waals surface area contributed by atoms with Crippen LogP contribution >= 0.6 is 0 Å². The molecule has 0 amide bonds. The molecule has 1 aliphatic rings. The van der Waals surface area contributed by atoms with Gasteiger partial charge in [0, 0.05) is 0 Å². The Bertz CT molecular complexity index is 359. The number of ether oxygens (including phenoxy) is 2. The molecule has 1 heterocycles. The highest BCUT2D eigenvalue weighted by atomic mass is 16.5. The van der Waals surface area contributed by atoms with Gasteiger partial charge in [-0.05, 0) is 24.1 Å². The molecule has 1 atom stereocenters. The fourth-order valence-corrected chi connectivity index (χ4v) is 1.57. The summed E-state index contributed by atoms with van der Waals surface area (Å²) in [4.78, 5) is 4.17. The van der Waals surface area contributed by atoms with Crippen molar-refractivity contribution in [3.63, 3.8) is 0 Å². The highest BCUT2D eigenvalue weighted by Crippen LogP contribution is 2.15. The molecular formula is C11H14N2O2. The van der Waals surface area contributed by atoms with Crippen molar-refractivity contribution in [3.8, 4) is 5.75 Å². The zero-order valence-corrected chi connectivity index (χ0v) is 8.64. The lowest BCUT2D eigenvalue weighted by molar-refractivity contribution is 0.312. The number of aliphatic imine (C=N–C) groups is 1. The Morgan fingerprint density at radius 3 is 2.73 bits per heavy atom. The van der Waals surface area contributed by atoms with Crippen molar-refractivity contribution in [2.75, 3.05) is 13.7 Å². The van der Waals surface area contributed by atoms with Crippen LogP contribution in [0.15, 0.2) is 29.3 Å². The molecule has 0 saturated carbocycles. The minimum atomic E-state index is 0.151. The predicted molar refractivity (Wildman–Crippen MR) is 58.1 cm³/mol. The van der Waals surface area contributed by atoms with Crippen LogP contribution in [0.5, 0.6) is 5.75 Å². The van der Waals surface area contributed by atoms with E-state index in [-0.39, 0.29) is 6.04 Å². The van der Waals surface area contributed by atoms with Gasteiger partial charge in [0.05, 0.1) is 13.2 Å². The fraction of sp³-hybridized carbons (Fsp3) is 0.364. The lowest BCUT2D eigenvalue weighted by Gasteiger charge is -2.05. The second-order valence-electron chi connectivity index (χ2n) is 3.48. The van der Waals surface area contributed by atoms with Crippen LogP contribution in [0.1, 0.15) is 5.56 Å². The highest BCUT2D eigenvalue weighted by molar-refractivity contribution is 5.73. The van der Waals surface area contributed by atoms with Crippen molar-refractivity contribution in [2.24, 2.45) is 10.7 Å². The molecule has 80 valence electrons. The normalized spacial score (nSPS) is 19.5. The van der Waals surface area contributed by atoms with E-state index in [1.807, 2.05) is 24.3 Å². The Labute approximate surface area is 88.7 Å². The van der Waals surface area contributed by atoms with Crippen molar-refractivity contribution in [1.82, 2.24) is 0 Å². The number of nitrogens with two attached hydrogens (primary N) is 1. The number of nitrogens with zero attached hydrogens (tertiary/aromatic N) is 1. The van der Waals surface area contributed by atoms with Crippen molar-refractivity contribution in [1.29, 1.82) is 0 Å². The van der Waals surface area contributed by atoms with Crippen LogP contribution in [0.3, 0.4) is 0 Å². The number of benzene rings is 1. The summed E-state index contributed by atoms with van der Waals surface area (Å²) in [6.07, 6.45) is 0.852. The third kappa shape index (κ3) is 2.40. The SMILES string of the molecule is COc1ccc(C[C@H]2COC(N)=N2)cc1. The Hall–Kier alpha value is -1.71. The number of hydrogen-bond donors (Lipinski definition) is 1. The molecule has 2 N–H and O–H groups in total. The van der Waals surface area contributed by atoms with E-state index in [9.17, 15) is 0 Å². The lowest BCUT2D eigenvalue weighted by Crippen LogP contribution is -2.11. The van der Waals surface area contributed by atoms with Crippen molar-refractivity contribution >= 4 is 6.02 Å². The number of hydrogen-bond acceptors (Lipinski definition) is 4. The molecule has 1 aliphatic heterocycles. The predicted octanol–water partition coefficient (Wildman–Crippen LogP) is 0.951. The molecule has 0 saturated heterocycles. The summed E-state index contributed by atoms with van der Waals surface area (Å²) >= 11 is 0. The Kier molecular flexibility index (Phi) is 2.76. The standard InChI is InChI=1S/C11H14N2O2/c1-14-10-4-2-8(3-5-10)6-9-7-15-11(12)13-9/h2-5,9H,6-7H2,1H3,(H2,12,13)/t9-/m0/s1. The minimum Gasteiger partial charge on any atom is -0.497 e. The average Bonchev–Trinajstić information content (AvgIpc) is 2.65. The van der Waals surface area contributed by atoms with E-state index in [1.165, 1.54) is 5.56 Å². The molecule has 0 bridgehead atoms. The summed E-state index contributed by atoms with van der Waals surface area (Å²) in [6.45, 7) is 0.581. The minimum absolute atomic E-state index is 0.151. The van der Waals surface area contributed by atoms with E-state index in [0.29, 0.717) is 12.6 Å². The number of rotatable bonds is 3. The second kappa shape index (κ2) is 4.21. The van der Waals surface area contributed by atoms with Crippen LogP contribution in [0.2, 0.25) is 0 Å². The van der Waals surface area contributed by atoms with Gasteiger partial charge in [-0.2, -0.15) is 0 Å². The largest absolute Gasteiger partial charge is 0.497 e. The van der Waals surface area contributed by atoms with E-state index in [1.54, 1.807) is 7.11 Å². The molecular weight excluding hydrogens is 192 g/mol. The van der Waals surface area contributed by atoms with Gasteiger partial charge in [0.1, 0.15) is 12.4 Å². The summed E-state index contributed by atoms with van der Waals surface area (Å²) < 4.78 is 10.2. The second-order valence-corrected chi connectivity index (χ2v) is 3.48. The fourth-order valence-electron chi connectivity index (χ4n) is 1.57. The first-order valence-corrected chi connectivity index (χ1v) is 4.87. The third-order valence-corrected chi connectivity index (χ3v) is 2.36. The Morgan fingerprint density at radius 1 is 1.47 bits per heavy atom. The van der Waals surface area contributed by atoms with Crippen LogP contribution in [-0.2, 0) is 11.2 Å². The maximum Gasteiger partial charge on any atom is 0.282 e. The molecule has 0 aliphatic carbocycles. The summed E-state index contributed by atoms with van der Waals surface area (Å²) in [6, 6.07) is 8.40. The quantitative estimate of drug-likeness (QED) is 0.801. The Balaban J connectivity index is 1.99. The summed E-state index contributed by atoms with van der Waals surface area (Å²) in [5.74, 6) is 0.865. The van der Waals surface area contributed by atoms with Crippen molar-refractivity contribution in [2.45, 2.75) is 12.5 Å². The first-order chi connectivity index (χ1) is 7.28. The van der Waals surface area contributed by atoms with E-state index < -0.39 is 0 Å². The van der Waals surface area contributed by atoms with E-state index in [2.05, 4.69) is 4.99 Å². The summed E-state index contributed by atoms with van der Waals surface area (Å²) in [7, 11) is 1.66. The monoisotopic (exact) mass is 206 g/mol. The van der Waals surface area contributed by atoms with Crippen molar-refractivity contribution in [3.05, 3.63) is 29.8 Å². The first kappa shape index (κ1) is 9.83. The molecule has 1 aromatic carbocycles. The van der Waals surface area contributed by atoms with Crippen LogP contribution in [0.4, 0.5) is 0 Å². The molecule has 4 heteroatoms. The van der Waals surface area contributed by atoms with Gasteiger partial charge in [-0.3, -0.25) is 0 Å². The van der Waals surface area contributed by atoms with Crippen molar-refractivity contribution < 1.29 is 9.47 Å². The van der Waals surface area contributed by atoms with Crippen LogP contribution in [-0.4, -0.2) is 25.8 Å². The van der Waals surface area contributed by atoms with Gasteiger partial charge in [-0.1, -0.05) is 12.1 Å². The molecule has 0 spiro atoms. The van der Waals surface area contributed by atoms with Crippen LogP contribution in [0.25, 0.3) is 0 Å². The zero-order valence-electron chi connectivity index (χ0n) is 8.64. The van der Waals surface area contributed by atoms with Crippen LogP contribution < -0.4 is 10.5 Å². The smallest absolute Gasteiger partial charge is 0.282 e. The molecule has 1 aromatic rings. The van der Waals surface area contributed by atoms with E-state index in [0.717, 1.165) is 12.2 Å². The lowest BCUT2D eigenvalue weighted by atomic mass is 10.1. The van der Waals surface area contributed by atoms with E-state index >= 15 is 0 Å². The third-order valence-electron chi connectivity index (χ3n) is 2.36. The molecule has 15 heavy (non-hydrogen) atoms. The molecule has 0 unspecified atom stereocenters. The zero-order chi connectivity index (χ0) is 10.7. The van der Waals surface area contributed by atoms with Gasteiger partial charge in [0.2, 0.25) is 0 Å².